The minimum absolute atomic E-state index is 0.0244. The molecule has 5 N–H and O–H groups in total. The first kappa shape index (κ1) is 22.6. The Balaban J connectivity index is 1.55. The lowest BCUT2D eigenvalue weighted by Crippen LogP contribution is -2.71. The van der Waals surface area contributed by atoms with Crippen molar-refractivity contribution in [3.63, 3.8) is 0 Å². The third-order valence-corrected chi connectivity index (χ3v) is 7.30. The molecule has 11 heteroatoms. The minimum atomic E-state index is -1.10. The summed E-state index contributed by atoms with van der Waals surface area (Å²) in [5.74, 6) is -2.71. The highest BCUT2D eigenvalue weighted by molar-refractivity contribution is 8.01. The van der Waals surface area contributed by atoms with Crippen molar-refractivity contribution < 1.29 is 24.3 Å². The molecule has 2 fully saturated rings. The Morgan fingerprint density at radius 2 is 1.88 bits per heavy atom. The van der Waals surface area contributed by atoms with Crippen LogP contribution in [0.3, 0.4) is 0 Å². The molecule has 2 aliphatic heterocycles. The second-order valence-electron chi connectivity index (χ2n) is 8.34. The Kier molecular flexibility index (Phi) is 5.75. The van der Waals surface area contributed by atoms with Crippen LogP contribution in [0.5, 0.6) is 0 Å². The van der Waals surface area contributed by atoms with E-state index in [4.69, 9.17) is 5.73 Å². The van der Waals surface area contributed by atoms with Crippen LogP contribution in [0.15, 0.2) is 48.7 Å². The third-order valence-electron chi connectivity index (χ3n) is 5.73. The largest absolute Gasteiger partial charge is 0.480 e. The van der Waals surface area contributed by atoms with Crippen LogP contribution in [-0.2, 0) is 14.4 Å². The lowest BCUT2D eigenvalue weighted by Gasteiger charge is -2.44. The van der Waals surface area contributed by atoms with Gasteiger partial charge in [-0.1, -0.05) is 30.3 Å². The number of aliphatic carboxylic acids is 1. The van der Waals surface area contributed by atoms with Crippen molar-refractivity contribution in [3.05, 3.63) is 59.8 Å². The Bertz CT molecular complexity index is 1130. The number of hydrogen-bond donors (Lipinski definition) is 4. The third kappa shape index (κ3) is 3.99. The highest BCUT2D eigenvalue weighted by Crippen LogP contribution is 2.50. The van der Waals surface area contributed by atoms with Crippen molar-refractivity contribution in [1.82, 2.24) is 20.5 Å². The fourth-order valence-corrected chi connectivity index (χ4v) is 5.77. The van der Waals surface area contributed by atoms with Crippen molar-refractivity contribution in [2.75, 3.05) is 5.73 Å². The molecule has 10 nitrogen and oxygen atoms in total. The smallest absolute Gasteiger partial charge is 0.327 e. The standard InChI is InChI=1S/C22H23N5O5S/c1-22(2)15(21(31)32)27-19(30)14(20(27)33-22)26-18(29)13(11-7-4-3-5-8-11)25-17(28)12-9-6-10-24-16(12)23/h3-10,13-15,20H,1-2H3,(H2,23,24)(H,25,28)(H,26,29)(H,31,32)/t13?,14-,15+,20-/m1/s1. The number of hydrogen-bond acceptors (Lipinski definition) is 7. The molecule has 2 aliphatic rings. The molecule has 1 aromatic carbocycles. The zero-order chi connectivity index (χ0) is 23.9. The van der Waals surface area contributed by atoms with E-state index >= 15 is 0 Å². The summed E-state index contributed by atoms with van der Waals surface area (Å²) in [6.45, 7) is 3.51. The van der Waals surface area contributed by atoms with E-state index in [1.807, 2.05) is 0 Å². The molecule has 2 saturated heterocycles. The molecule has 0 saturated carbocycles. The Hall–Kier alpha value is -3.60. The fourth-order valence-electron chi connectivity index (χ4n) is 4.15. The maximum atomic E-state index is 13.2. The van der Waals surface area contributed by atoms with E-state index in [0.717, 1.165) is 0 Å². The molecule has 1 unspecified atom stereocenters. The van der Waals surface area contributed by atoms with Crippen LogP contribution in [-0.4, -0.2) is 60.9 Å². The van der Waals surface area contributed by atoms with Crippen LogP contribution in [0, 0.1) is 0 Å². The number of nitrogens with one attached hydrogen (secondary N) is 2. The lowest BCUT2D eigenvalue weighted by atomic mass is 9.95. The van der Waals surface area contributed by atoms with E-state index in [1.165, 1.54) is 28.9 Å². The normalized spacial score (nSPS) is 23.8. The number of thioether (sulfide) groups is 1. The van der Waals surface area contributed by atoms with Gasteiger partial charge in [-0.05, 0) is 31.5 Å². The summed E-state index contributed by atoms with van der Waals surface area (Å²) in [5.41, 5.74) is 6.42. The summed E-state index contributed by atoms with van der Waals surface area (Å²) in [7, 11) is 0. The molecular formula is C22H23N5O5S. The summed E-state index contributed by atoms with van der Waals surface area (Å²) < 4.78 is -0.712. The number of carboxylic acid groups (broad SMARTS) is 1. The summed E-state index contributed by atoms with van der Waals surface area (Å²) in [6.07, 6.45) is 1.45. The molecule has 3 amide bonds. The van der Waals surface area contributed by atoms with Crippen molar-refractivity contribution in [1.29, 1.82) is 0 Å². The number of benzene rings is 1. The molecule has 0 radical (unpaired) electrons. The number of rotatable bonds is 6. The van der Waals surface area contributed by atoms with E-state index in [0.29, 0.717) is 5.56 Å². The first-order valence-electron chi connectivity index (χ1n) is 10.2. The summed E-state index contributed by atoms with van der Waals surface area (Å²) in [5, 5.41) is 14.4. The van der Waals surface area contributed by atoms with Crippen LogP contribution in [0.1, 0.15) is 35.8 Å². The highest BCUT2D eigenvalue weighted by Gasteiger charge is 2.64. The molecule has 2 aromatic rings. The maximum Gasteiger partial charge on any atom is 0.327 e. The quantitative estimate of drug-likeness (QED) is 0.452. The monoisotopic (exact) mass is 469 g/mol. The SMILES string of the molecule is CC1(C)S[C@@H]2[C@H](NC(=O)C(NC(=O)c3cccnc3N)c3ccccc3)C(=O)N2[C@H]1C(=O)O. The predicted molar refractivity (Wildman–Crippen MR) is 121 cm³/mol. The van der Waals surface area contributed by atoms with Crippen LogP contribution in [0.25, 0.3) is 0 Å². The number of pyridine rings is 1. The summed E-state index contributed by atoms with van der Waals surface area (Å²) in [6, 6.07) is 8.66. The molecule has 0 spiro atoms. The van der Waals surface area contributed by atoms with Gasteiger partial charge in [-0.15, -0.1) is 11.8 Å². The molecule has 3 heterocycles. The number of nitrogens with two attached hydrogens (primary N) is 1. The maximum absolute atomic E-state index is 13.2. The van der Waals surface area contributed by atoms with Gasteiger partial charge in [0.15, 0.2) is 0 Å². The van der Waals surface area contributed by atoms with Gasteiger partial charge in [-0.25, -0.2) is 9.78 Å². The average molecular weight is 470 g/mol. The number of carbonyl (C=O) groups excluding carboxylic acids is 3. The van der Waals surface area contributed by atoms with E-state index < -0.39 is 51.9 Å². The average Bonchev–Trinajstić information content (AvgIpc) is 3.04. The topological polar surface area (TPSA) is 155 Å². The van der Waals surface area contributed by atoms with Gasteiger partial charge in [0, 0.05) is 10.9 Å². The zero-order valence-electron chi connectivity index (χ0n) is 17.9. The summed E-state index contributed by atoms with van der Waals surface area (Å²) >= 11 is 1.33. The van der Waals surface area contributed by atoms with Gasteiger partial charge in [-0.3, -0.25) is 14.4 Å². The van der Waals surface area contributed by atoms with Crippen molar-refractivity contribution in [2.45, 2.75) is 42.1 Å². The van der Waals surface area contributed by atoms with Gasteiger partial charge in [0.05, 0.1) is 5.56 Å². The molecule has 4 rings (SSSR count). The van der Waals surface area contributed by atoms with Gasteiger partial charge in [0.1, 0.15) is 29.3 Å². The molecular weight excluding hydrogens is 446 g/mol. The van der Waals surface area contributed by atoms with Gasteiger partial charge in [-0.2, -0.15) is 0 Å². The van der Waals surface area contributed by atoms with E-state index in [9.17, 15) is 24.3 Å². The Morgan fingerprint density at radius 3 is 2.52 bits per heavy atom. The molecule has 172 valence electrons. The minimum Gasteiger partial charge on any atom is -0.480 e. The number of nitrogens with zero attached hydrogens (tertiary/aromatic N) is 2. The van der Waals surface area contributed by atoms with Crippen LogP contribution in [0.2, 0.25) is 0 Å². The van der Waals surface area contributed by atoms with Crippen LogP contribution < -0.4 is 16.4 Å². The second kappa shape index (κ2) is 8.39. The molecule has 1 aromatic heterocycles. The van der Waals surface area contributed by atoms with Crippen LogP contribution >= 0.6 is 11.8 Å². The Morgan fingerprint density at radius 1 is 1.18 bits per heavy atom. The highest BCUT2D eigenvalue weighted by atomic mass is 32.2. The number of anilines is 1. The number of aromatic nitrogens is 1. The van der Waals surface area contributed by atoms with Gasteiger partial charge >= 0.3 is 5.97 Å². The van der Waals surface area contributed by atoms with Crippen LogP contribution in [0.4, 0.5) is 5.82 Å². The molecule has 33 heavy (non-hydrogen) atoms. The predicted octanol–water partition coefficient (Wildman–Crippen LogP) is 0.767. The van der Waals surface area contributed by atoms with E-state index in [2.05, 4.69) is 15.6 Å². The van der Waals surface area contributed by atoms with Gasteiger partial charge in [0.25, 0.3) is 5.91 Å². The number of fused-ring (bicyclic) bond motifs is 1. The number of carboxylic acids is 1. The van der Waals surface area contributed by atoms with Crippen molar-refractivity contribution in [2.24, 2.45) is 0 Å². The molecule has 4 atom stereocenters. The lowest BCUT2D eigenvalue weighted by molar-refractivity contribution is -0.161. The zero-order valence-corrected chi connectivity index (χ0v) is 18.7. The molecule has 0 bridgehead atoms. The van der Waals surface area contributed by atoms with Gasteiger partial charge in [0.2, 0.25) is 11.8 Å². The first-order chi connectivity index (χ1) is 15.6. The second-order valence-corrected chi connectivity index (χ2v) is 10.1. The van der Waals surface area contributed by atoms with Crippen molar-refractivity contribution >= 4 is 41.3 Å². The van der Waals surface area contributed by atoms with E-state index in [1.54, 1.807) is 50.2 Å². The number of amides is 3. The first-order valence-corrected chi connectivity index (χ1v) is 11.1. The van der Waals surface area contributed by atoms with Crippen molar-refractivity contribution in [3.8, 4) is 0 Å². The summed E-state index contributed by atoms with van der Waals surface area (Å²) in [4.78, 5) is 55.7. The van der Waals surface area contributed by atoms with E-state index in [-0.39, 0.29) is 11.4 Å². The molecule has 0 aliphatic carbocycles. The number of carbonyl (C=O) groups is 4. The number of β-lactam (4-membered cyclic amide) rings is 1. The Labute approximate surface area is 193 Å². The number of nitrogen functional groups attached to an aromatic ring is 1. The van der Waals surface area contributed by atoms with Gasteiger partial charge < -0.3 is 26.4 Å². The fraction of sp³-hybridized carbons (Fsp3) is 0.318.